The molecule has 2 aliphatic carbocycles. The van der Waals surface area contributed by atoms with Gasteiger partial charge in [-0.25, -0.2) is 0 Å². The molecule has 2 aromatic carbocycles. The molecule has 2 unspecified atom stereocenters. The first kappa shape index (κ1) is 26.9. The fourth-order valence-electron chi connectivity index (χ4n) is 5.89. The van der Waals surface area contributed by atoms with Crippen molar-refractivity contribution in [3.05, 3.63) is 96.3 Å². The molecule has 0 nitrogen and oxygen atoms in total. The van der Waals surface area contributed by atoms with E-state index in [2.05, 4.69) is 92.4 Å². The summed E-state index contributed by atoms with van der Waals surface area (Å²) in [5.74, 6) is 0.573. The minimum absolute atomic E-state index is 0. The molecule has 0 bridgehead atoms. The van der Waals surface area contributed by atoms with E-state index in [4.69, 9.17) is 11.6 Å². The molecule has 0 fully saturated rings. The molecule has 166 valence electrons. The van der Waals surface area contributed by atoms with E-state index in [9.17, 15) is 0 Å². The van der Waals surface area contributed by atoms with Crippen molar-refractivity contribution in [1.82, 2.24) is 0 Å². The van der Waals surface area contributed by atoms with Gasteiger partial charge in [0, 0.05) is 0 Å². The van der Waals surface area contributed by atoms with Crippen molar-refractivity contribution in [1.29, 1.82) is 0 Å². The Morgan fingerprint density at radius 1 is 0.903 bits per heavy atom. The molecule has 4 rings (SSSR count). The molecule has 0 amide bonds. The van der Waals surface area contributed by atoms with E-state index in [-0.39, 0.29) is 24.8 Å². The van der Waals surface area contributed by atoms with Crippen molar-refractivity contribution >= 4 is 48.9 Å². The molecule has 2 atom stereocenters. The van der Waals surface area contributed by atoms with Crippen LogP contribution in [0.25, 0.3) is 5.57 Å². The molecule has 0 aliphatic heterocycles. The van der Waals surface area contributed by atoms with Crippen LogP contribution in [0, 0.1) is 5.92 Å². The minimum atomic E-state index is -3.33. The van der Waals surface area contributed by atoms with Crippen LogP contribution in [-0.2, 0) is 17.4 Å². The molecule has 0 saturated carbocycles. The quantitative estimate of drug-likeness (QED) is 0.326. The zero-order chi connectivity index (χ0) is 21.2. The first-order valence-electron chi connectivity index (χ1n) is 10.5. The number of hydrogen-bond acceptors (Lipinski definition) is 0. The van der Waals surface area contributed by atoms with E-state index in [1.54, 1.807) is 14.4 Å². The molecule has 2 aromatic rings. The van der Waals surface area contributed by atoms with Gasteiger partial charge in [-0.15, -0.1) is 24.8 Å². The van der Waals surface area contributed by atoms with Crippen LogP contribution in [0.15, 0.2) is 74.6 Å². The van der Waals surface area contributed by atoms with Gasteiger partial charge in [0.05, 0.1) is 0 Å². The van der Waals surface area contributed by atoms with Crippen LogP contribution in [0.1, 0.15) is 48.0 Å². The maximum Gasteiger partial charge on any atom is -0.147 e. The van der Waals surface area contributed by atoms with Crippen molar-refractivity contribution in [2.75, 3.05) is 0 Å². The van der Waals surface area contributed by atoms with Crippen molar-refractivity contribution in [3.63, 3.8) is 0 Å². The molecule has 0 radical (unpaired) electrons. The standard InChI is InChI=1S/C15H10Cl.C9H13.2CH3.2ClH.H2Si.Zr/c16-13-6-3-5-12(10-13)15-9-8-11-4-1-2-7-14(11)15;1-6-5-7(2)9(4)8(6)3;;;;;;/h1-10H;6H,1-4H3;2*1H3;2*1H;1H2;. The van der Waals surface area contributed by atoms with Gasteiger partial charge in [-0.05, 0) is 0 Å². The smallest absolute Gasteiger partial charge is 0.147 e. The van der Waals surface area contributed by atoms with E-state index >= 15 is 0 Å². The van der Waals surface area contributed by atoms with Crippen LogP contribution in [0.2, 0.25) is 14.3 Å². The first-order valence-corrected chi connectivity index (χ1v) is 24.4. The fourth-order valence-corrected chi connectivity index (χ4v) is 24.6. The number of halogens is 3. The third-order valence-electron chi connectivity index (χ3n) is 7.58. The summed E-state index contributed by atoms with van der Waals surface area (Å²) in [6.45, 7) is 11.8. The van der Waals surface area contributed by atoms with Crippen molar-refractivity contribution in [2.45, 2.75) is 40.6 Å². The third kappa shape index (κ3) is 4.29. The summed E-state index contributed by atoms with van der Waals surface area (Å²) < 4.78 is 7.65. The van der Waals surface area contributed by atoms with Gasteiger partial charge in [-0.2, -0.15) is 0 Å². The van der Waals surface area contributed by atoms with Crippen LogP contribution in [0.5, 0.6) is 0 Å². The number of hydrogen-bond donors (Lipinski definition) is 0. The maximum atomic E-state index is 6.35. The molecule has 0 heterocycles. The van der Waals surface area contributed by atoms with Crippen molar-refractivity contribution in [2.24, 2.45) is 5.92 Å². The monoisotopic (exact) mass is 568 g/mol. The molecule has 0 N–H and O–H groups in total. The summed E-state index contributed by atoms with van der Waals surface area (Å²) in [5.41, 5.74) is 10.2. The second-order valence-electron chi connectivity index (χ2n) is 10.0. The summed E-state index contributed by atoms with van der Waals surface area (Å²) in [6, 6.07) is 17.4. The van der Waals surface area contributed by atoms with E-state index in [0.717, 1.165) is 5.02 Å². The number of rotatable bonds is 3. The Kier molecular flexibility index (Phi) is 7.90. The predicted molar refractivity (Wildman–Crippen MR) is 143 cm³/mol. The average Bonchev–Trinajstić information content (AvgIpc) is 3.15. The minimum Gasteiger partial charge on any atom is -0.147 e. The zero-order valence-corrected chi connectivity index (χ0v) is 25.5. The van der Waals surface area contributed by atoms with Crippen molar-refractivity contribution < 1.29 is 17.4 Å². The summed E-state index contributed by atoms with van der Waals surface area (Å²) in [6.07, 6.45) is 2.59. The molecule has 0 saturated heterocycles. The Balaban J connectivity index is 0.00000171. The van der Waals surface area contributed by atoms with E-state index < -0.39 is 17.4 Å². The largest absolute Gasteiger partial charge is 0.147 e. The van der Waals surface area contributed by atoms with Gasteiger partial charge in [0.15, 0.2) is 0 Å². The Hall–Kier alpha value is -0.370. The van der Waals surface area contributed by atoms with Gasteiger partial charge in [-0.1, -0.05) is 0 Å². The van der Waals surface area contributed by atoms with Crippen LogP contribution in [0.4, 0.5) is 0 Å². The van der Waals surface area contributed by atoms with Gasteiger partial charge in [0.25, 0.3) is 0 Å². The van der Waals surface area contributed by atoms with Gasteiger partial charge in [0.1, 0.15) is 0 Å². The summed E-state index contributed by atoms with van der Waals surface area (Å²) in [7, 11) is 0. The summed E-state index contributed by atoms with van der Waals surface area (Å²) in [4.78, 5) is 0. The molecule has 0 spiro atoms. The molecular weight excluding hydrogens is 538 g/mol. The summed E-state index contributed by atoms with van der Waals surface area (Å²) in [5, 5.41) is 0.804. The van der Waals surface area contributed by atoms with Crippen LogP contribution < -0.4 is 0 Å². The average molecular weight is 571 g/mol. The second kappa shape index (κ2) is 9.11. The van der Waals surface area contributed by atoms with E-state index in [1.165, 1.54) is 27.8 Å². The van der Waals surface area contributed by atoms with E-state index in [0.29, 0.717) is 9.54 Å². The molecule has 31 heavy (non-hydrogen) atoms. The van der Waals surface area contributed by atoms with Gasteiger partial charge in [0.2, 0.25) is 0 Å². The second-order valence-corrected chi connectivity index (χ2v) is 40.0. The normalized spacial score (nSPS) is 20.8. The Morgan fingerprint density at radius 3 is 2.13 bits per heavy atom. The summed E-state index contributed by atoms with van der Waals surface area (Å²) >= 11 is 3.02. The Labute approximate surface area is 207 Å². The van der Waals surface area contributed by atoms with Crippen molar-refractivity contribution in [3.8, 4) is 0 Å². The molecule has 0 aromatic heterocycles. The van der Waals surface area contributed by atoms with Crippen LogP contribution >= 0.6 is 36.4 Å². The molecule has 2 aliphatic rings. The first-order chi connectivity index (χ1) is 13.5. The Morgan fingerprint density at radius 2 is 1.55 bits per heavy atom. The zero-order valence-electron chi connectivity index (χ0n) is 19.3. The van der Waals surface area contributed by atoms with Gasteiger partial charge < -0.3 is 0 Å². The third-order valence-corrected chi connectivity index (χ3v) is 25.1. The topological polar surface area (TPSA) is 0 Å². The van der Waals surface area contributed by atoms with Crippen LogP contribution in [-0.4, -0.2) is 6.88 Å². The van der Waals surface area contributed by atoms with Crippen LogP contribution in [0.3, 0.4) is 0 Å². The SMILES string of the molecule is CC1=C(C)C(C)[C]([Zr]([CH3])([CH3])(=[SiH2])[CH]2C=C(c3cccc(Cl)c3)c3ccccc32)=C1C.Cl.Cl. The molecular formula is C26H33Cl3SiZr. The fraction of sp³-hybridized carbons (Fsp3) is 0.308. The number of fused-ring (bicyclic) bond motifs is 1. The predicted octanol–water partition coefficient (Wildman–Crippen LogP) is 8.26. The van der Waals surface area contributed by atoms with Gasteiger partial charge in [-0.3, -0.25) is 0 Å². The number of allylic oxidation sites excluding steroid dienone is 5. The Bertz CT molecular complexity index is 1200. The molecule has 5 heteroatoms. The number of benzene rings is 2. The van der Waals surface area contributed by atoms with E-state index in [1.807, 2.05) is 6.07 Å². The maximum absolute atomic E-state index is 6.35. The van der Waals surface area contributed by atoms with Gasteiger partial charge >= 0.3 is 184 Å².